The minimum absolute atomic E-state index is 0.0131. The summed E-state index contributed by atoms with van der Waals surface area (Å²) >= 11 is 0. The van der Waals surface area contributed by atoms with Gasteiger partial charge in [-0.3, -0.25) is 0 Å². The molecule has 0 aliphatic carbocycles. The van der Waals surface area contributed by atoms with Crippen molar-refractivity contribution in [3.8, 4) is 11.5 Å². The molecule has 17 heavy (non-hydrogen) atoms. The lowest BCUT2D eigenvalue weighted by atomic mass is 9.91. The second kappa shape index (κ2) is 3.42. The molecule has 0 saturated heterocycles. The Hall–Kier alpha value is -1.64. The van der Waals surface area contributed by atoms with E-state index in [2.05, 4.69) is 38.2 Å². The molecule has 0 amide bonds. The molecule has 1 aromatic carbocycles. The second-order valence-electron chi connectivity index (χ2n) is 5.22. The molecule has 0 fully saturated rings. The van der Waals surface area contributed by atoms with Gasteiger partial charge in [-0.15, -0.1) is 0 Å². The summed E-state index contributed by atoms with van der Waals surface area (Å²) in [5.74, 6) is 1.69. The number of hydrogen-bond acceptors (Lipinski definition) is 3. The molecule has 3 nitrogen and oxygen atoms in total. The topological polar surface area (TPSA) is 30.5 Å². The highest BCUT2D eigenvalue weighted by Gasteiger charge is 2.25. The Bertz CT molecular complexity index is 503. The number of anilines is 1. The van der Waals surface area contributed by atoms with Crippen molar-refractivity contribution in [3.05, 3.63) is 23.8 Å². The highest BCUT2D eigenvalue weighted by atomic mass is 16.6. The molecule has 0 bridgehead atoms. The van der Waals surface area contributed by atoms with Crippen molar-refractivity contribution >= 4 is 11.3 Å². The van der Waals surface area contributed by atoms with E-state index in [0.29, 0.717) is 13.2 Å². The predicted molar refractivity (Wildman–Crippen MR) is 68.8 cm³/mol. The molecule has 0 atom stereocenters. The largest absolute Gasteiger partial charge is 0.486 e. The smallest absolute Gasteiger partial charge is 0.163 e. The summed E-state index contributed by atoms with van der Waals surface area (Å²) in [6.45, 7) is 7.72. The highest BCUT2D eigenvalue weighted by molar-refractivity contribution is 5.82. The zero-order valence-electron chi connectivity index (χ0n) is 10.5. The van der Waals surface area contributed by atoms with Gasteiger partial charge in [0.25, 0.3) is 0 Å². The number of nitrogens with one attached hydrogen (secondary N) is 1. The molecular weight excluding hydrogens is 214 g/mol. The lowest BCUT2D eigenvalue weighted by Gasteiger charge is -2.32. The quantitative estimate of drug-likeness (QED) is 0.744. The molecule has 0 spiro atoms. The first-order chi connectivity index (χ1) is 8.05. The summed E-state index contributed by atoms with van der Waals surface area (Å²) in [6.07, 6.45) is 2.24. The summed E-state index contributed by atoms with van der Waals surface area (Å²) in [5, 5.41) is 3.50. The summed E-state index contributed by atoms with van der Waals surface area (Å²) in [4.78, 5) is 0. The molecule has 0 unspecified atom stereocenters. The van der Waals surface area contributed by atoms with Crippen LogP contribution in [0.25, 0.3) is 5.57 Å². The number of benzene rings is 1. The van der Waals surface area contributed by atoms with Crippen molar-refractivity contribution in [1.29, 1.82) is 0 Å². The van der Waals surface area contributed by atoms with E-state index in [0.717, 1.165) is 17.2 Å². The van der Waals surface area contributed by atoms with Gasteiger partial charge in [0.2, 0.25) is 0 Å². The lowest BCUT2D eigenvalue weighted by molar-refractivity contribution is 0.171. The Labute approximate surface area is 101 Å². The number of hydrogen-bond donors (Lipinski definition) is 1. The van der Waals surface area contributed by atoms with Gasteiger partial charge in [0.15, 0.2) is 11.5 Å². The summed E-state index contributed by atoms with van der Waals surface area (Å²) < 4.78 is 11.2. The van der Waals surface area contributed by atoms with Crippen LogP contribution >= 0.6 is 0 Å². The van der Waals surface area contributed by atoms with Crippen LogP contribution < -0.4 is 14.8 Å². The Morgan fingerprint density at radius 3 is 2.47 bits per heavy atom. The van der Waals surface area contributed by atoms with Gasteiger partial charge < -0.3 is 14.8 Å². The summed E-state index contributed by atoms with van der Waals surface area (Å²) in [6, 6.07) is 4.11. The molecule has 2 aliphatic heterocycles. The monoisotopic (exact) mass is 231 g/mol. The van der Waals surface area contributed by atoms with Gasteiger partial charge >= 0.3 is 0 Å². The van der Waals surface area contributed by atoms with Gasteiger partial charge in [-0.25, -0.2) is 0 Å². The van der Waals surface area contributed by atoms with Crippen LogP contribution in [0.3, 0.4) is 0 Å². The fourth-order valence-electron chi connectivity index (χ4n) is 2.52. The van der Waals surface area contributed by atoms with Crippen LogP contribution in [0.2, 0.25) is 0 Å². The molecular formula is C14H17NO2. The van der Waals surface area contributed by atoms with Crippen molar-refractivity contribution < 1.29 is 9.47 Å². The molecule has 1 aromatic rings. The molecule has 3 rings (SSSR count). The van der Waals surface area contributed by atoms with E-state index in [1.165, 1.54) is 11.1 Å². The molecule has 1 N–H and O–H groups in total. The number of ether oxygens (including phenoxy) is 2. The Morgan fingerprint density at radius 2 is 1.76 bits per heavy atom. The van der Waals surface area contributed by atoms with Gasteiger partial charge in [-0.2, -0.15) is 0 Å². The summed E-state index contributed by atoms with van der Waals surface area (Å²) in [7, 11) is 0. The van der Waals surface area contributed by atoms with E-state index in [1.807, 2.05) is 6.07 Å². The van der Waals surface area contributed by atoms with E-state index in [1.54, 1.807) is 0 Å². The van der Waals surface area contributed by atoms with Gasteiger partial charge in [-0.1, -0.05) is 6.08 Å². The predicted octanol–water partition coefficient (Wildman–Crippen LogP) is 3.07. The van der Waals surface area contributed by atoms with Crippen LogP contribution in [0.15, 0.2) is 18.2 Å². The van der Waals surface area contributed by atoms with Crippen LogP contribution in [0.4, 0.5) is 5.69 Å². The standard InChI is InChI=1S/C14H17NO2/c1-9-8-14(2,3)15-11-7-13-12(6-10(9)11)16-4-5-17-13/h6-8,15H,4-5H2,1-3H3. The van der Waals surface area contributed by atoms with Crippen LogP contribution in [-0.4, -0.2) is 18.8 Å². The maximum absolute atomic E-state index is 5.61. The molecule has 90 valence electrons. The molecule has 0 radical (unpaired) electrons. The Balaban J connectivity index is 2.13. The Morgan fingerprint density at radius 1 is 1.12 bits per heavy atom. The fraction of sp³-hybridized carbons (Fsp3) is 0.429. The third kappa shape index (κ3) is 1.75. The van der Waals surface area contributed by atoms with Crippen LogP contribution in [0.5, 0.6) is 11.5 Å². The van der Waals surface area contributed by atoms with Gasteiger partial charge in [0, 0.05) is 17.3 Å². The fourth-order valence-corrected chi connectivity index (χ4v) is 2.52. The minimum atomic E-state index is -0.0131. The Kier molecular flexibility index (Phi) is 2.12. The van der Waals surface area contributed by atoms with Crippen LogP contribution in [0, 0.1) is 0 Å². The third-order valence-electron chi connectivity index (χ3n) is 3.14. The number of allylic oxidation sites excluding steroid dienone is 1. The average molecular weight is 231 g/mol. The van der Waals surface area contributed by atoms with Gasteiger partial charge in [0.1, 0.15) is 13.2 Å². The first-order valence-corrected chi connectivity index (χ1v) is 5.97. The number of fused-ring (bicyclic) bond motifs is 2. The maximum atomic E-state index is 5.61. The molecule has 2 aliphatic rings. The van der Waals surface area contributed by atoms with Crippen molar-refractivity contribution in [2.75, 3.05) is 18.5 Å². The van der Waals surface area contributed by atoms with E-state index in [4.69, 9.17) is 9.47 Å². The van der Waals surface area contributed by atoms with Crippen molar-refractivity contribution in [2.24, 2.45) is 0 Å². The highest BCUT2D eigenvalue weighted by Crippen LogP contribution is 2.41. The van der Waals surface area contributed by atoms with Gasteiger partial charge in [-0.05, 0) is 32.4 Å². The minimum Gasteiger partial charge on any atom is -0.486 e. The SMILES string of the molecule is CC1=CC(C)(C)Nc2cc3c(cc21)OCCO3. The average Bonchev–Trinajstić information content (AvgIpc) is 2.25. The van der Waals surface area contributed by atoms with Crippen LogP contribution in [-0.2, 0) is 0 Å². The van der Waals surface area contributed by atoms with Gasteiger partial charge in [0.05, 0.1) is 5.54 Å². The van der Waals surface area contributed by atoms with E-state index >= 15 is 0 Å². The maximum Gasteiger partial charge on any atom is 0.163 e. The molecule has 3 heteroatoms. The van der Waals surface area contributed by atoms with E-state index in [9.17, 15) is 0 Å². The molecule has 2 heterocycles. The zero-order chi connectivity index (χ0) is 12.0. The molecule has 0 saturated carbocycles. The van der Waals surface area contributed by atoms with Crippen molar-refractivity contribution in [3.63, 3.8) is 0 Å². The van der Waals surface area contributed by atoms with E-state index in [-0.39, 0.29) is 5.54 Å². The first-order valence-electron chi connectivity index (χ1n) is 5.97. The second-order valence-corrected chi connectivity index (χ2v) is 5.22. The first kappa shape index (κ1) is 10.5. The van der Waals surface area contributed by atoms with Crippen molar-refractivity contribution in [1.82, 2.24) is 0 Å². The van der Waals surface area contributed by atoms with Crippen molar-refractivity contribution in [2.45, 2.75) is 26.3 Å². The van der Waals surface area contributed by atoms with E-state index < -0.39 is 0 Å². The van der Waals surface area contributed by atoms with Crippen LogP contribution in [0.1, 0.15) is 26.3 Å². The normalized spacial score (nSPS) is 20.1. The number of rotatable bonds is 0. The lowest BCUT2D eigenvalue weighted by Crippen LogP contribution is -2.31. The molecule has 0 aromatic heterocycles. The summed E-state index contributed by atoms with van der Waals surface area (Å²) in [5.41, 5.74) is 3.59. The third-order valence-corrected chi connectivity index (χ3v) is 3.14. The zero-order valence-corrected chi connectivity index (χ0v) is 10.5.